The second-order valence-corrected chi connectivity index (χ2v) is 5.70. The third-order valence-electron chi connectivity index (χ3n) is 2.79. The smallest absolute Gasteiger partial charge is 0.356 e. The Bertz CT molecular complexity index is 668. The van der Waals surface area contributed by atoms with E-state index in [0.29, 0.717) is 5.75 Å². The van der Waals surface area contributed by atoms with Crippen LogP contribution in [0.5, 0.6) is 5.75 Å². The van der Waals surface area contributed by atoms with Crippen LogP contribution in [-0.2, 0) is 4.74 Å². The zero-order chi connectivity index (χ0) is 14.9. The Balaban J connectivity index is 2.74. The first kappa shape index (κ1) is 14.8. The average molecular weight is 338 g/mol. The zero-order valence-corrected chi connectivity index (χ0v) is 13.4. The summed E-state index contributed by atoms with van der Waals surface area (Å²) in [6.07, 6.45) is 0.00499. The summed E-state index contributed by atoms with van der Waals surface area (Å²) in [7, 11) is 1.34. The summed E-state index contributed by atoms with van der Waals surface area (Å²) >= 11 is 3.47. The molecule has 0 atom stereocenters. The topological polar surface area (TPSA) is 48.4 Å². The van der Waals surface area contributed by atoms with E-state index in [1.54, 1.807) is 6.07 Å². The van der Waals surface area contributed by atoms with Gasteiger partial charge in [0.1, 0.15) is 5.75 Å². The Morgan fingerprint density at radius 1 is 1.30 bits per heavy atom. The van der Waals surface area contributed by atoms with Crippen LogP contribution in [0.25, 0.3) is 10.9 Å². The molecular formula is C15H16BrNO3. The molecular weight excluding hydrogens is 322 g/mol. The number of carbonyl (C=O) groups excluding carboxylic acids is 1. The van der Waals surface area contributed by atoms with Crippen molar-refractivity contribution in [2.45, 2.75) is 26.9 Å². The number of nitrogens with zero attached hydrogens (tertiary/aromatic N) is 1. The van der Waals surface area contributed by atoms with Gasteiger partial charge in [-0.2, -0.15) is 0 Å². The molecule has 0 radical (unpaired) electrons. The van der Waals surface area contributed by atoms with E-state index in [1.807, 2.05) is 32.9 Å². The summed E-state index contributed by atoms with van der Waals surface area (Å²) in [6.45, 7) is 5.82. The number of esters is 1. The summed E-state index contributed by atoms with van der Waals surface area (Å²) in [4.78, 5) is 16.1. The Morgan fingerprint density at radius 2 is 2.00 bits per heavy atom. The number of hydrogen-bond acceptors (Lipinski definition) is 4. The molecule has 5 heteroatoms. The number of halogens is 1. The quantitative estimate of drug-likeness (QED) is 0.797. The number of pyridine rings is 1. The van der Waals surface area contributed by atoms with E-state index in [9.17, 15) is 4.79 Å². The molecule has 4 nitrogen and oxygen atoms in total. The van der Waals surface area contributed by atoms with Gasteiger partial charge < -0.3 is 9.47 Å². The van der Waals surface area contributed by atoms with Crippen molar-refractivity contribution in [3.63, 3.8) is 0 Å². The molecule has 0 bridgehead atoms. The van der Waals surface area contributed by atoms with Gasteiger partial charge in [-0.05, 0) is 38.5 Å². The summed E-state index contributed by atoms with van der Waals surface area (Å²) in [6, 6.07) is 5.52. The van der Waals surface area contributed by atoms with E-state index < -0.39 is 5.97 Å². The number of hydrogen-bond donors (Lipinski definition) is 0. The highest BCUT2D eigenvalue weighted by Gasteiger charge is 2.15. The minimum atomic E-state index is -0.470. The van der Waals surface area contributed by atoms with Crippen LogP contribution in [0, 0.1) is 6.92 Å². The molecule has 0 saturated carbocycles. The molecule has 0 saturated heterocycles. The fourth-order valence-corrected chi connectivity index (χ4v) is 2.56. The van der Waals surface area contributed by atoms with Crippen LogP contribution in [0.15, 0.2) is 22.7 Å². The van der Waals surface area contributed by atoms with Crippen molar-refractivity contribution in [3.05, 3.63) is 33.9 Å². The van der Waals surface area contributed by atoms with Gasteiger partial charge >= 0.3 is 5.97 Å². The lowest BCUT2D eigenvalue weighted by Crippen LogP contribution is -2.10. The van der Waals surface area contributed by atoms with Gasteiger partial charge in [0.2, 0.25) is 0 Å². The molecule has 0 fully saturated rings. The summed E-state index contributed by atoms with van der Waals surface area (Å²) in [5.41, 5.74) is 1.96. The molecule has 1 aromatic heterocycles. The van der Waals surface area contributed by atoms with Crippen LogP contribution in [0.2, 0.25) is 0 Å². The largest absolute Gasteiger partial charge is 0.490 e. The predicted octanol–water partition coefficient (Wildman–Crippen LogP) is 3.88. The van der Waals surface area contributed by atoms with Gasteiger partial charge in [-0.3, -0.25) is 0 Å². The first-order valence-corrected chi connectivity index (χ1v) is 7.07. The van der Waals surface area contributed by atoms with E-state index in [4.69, 9.17) is 9.47 Å². The summed E-state index contributed by atoms with van der Waals surface area (Å²) < 4.78 is 11.5. The number of benzene rings is 1. The van der Waals surface area contributed by atoms with Gasteiger partial charge in [0, 0.05) is 15.9 Å². The van der Waals surface area contributed by atoms with E-state index in [-0.39, 0.29) is 11.8 Å². The summed E-state index contributed by atoms with van der Waals surface area (Å²) in [5.74, 6) is 0.164. The fourth-order valence-electron chi connectivity index (χ4n) is 1.99. The molecule has 1 aromatic carbocycles. The van der Waals surface area contributed by atoms with Gasteiger partial charge in [-0.25, -0.2) is 9.78 Å². The molecule has 0 N–H and O–H groups in total. The molecule has 0 aliphatic carbocycles. The number of methoxy groups -OCH3 is 1. The number of carbonyl (C=O) groups is 1. The molecule has 2 aromatic rings. The molecule has 0 aliphatic rings. The lowest BCUT2D eigenvalue weighted by Gasteiger charge is -2.14. The molecule has 0 unspecified atom stereocenters. The van der Waals surface area contributed by atoms with Gasteiger partial charge in [0.25, 0.3) is 0 Å². The van der Waals surface area contributed by atoms with Crippen molar-refractivity contribution in [2.24, 2.45) is 0 Å². The Hall–Kier alpha value is -1.62. The highest BCUT2D eigenvalue weighted by Crippen LogP contribution is 2.31. The second kappa shape index (κ2) is 5.79. The van der Waals surface area contributed by atoms with Gasteiger partial charge in [0.05, 0.1) is 18.7 Å². The normalized spacial score (nSPS) is 10.9. The molecule has 106 valence electrons. The number of aromatic nitrogens is 1. The highest BCUT2D eigenvalue weighted by atomic mass is 79.9. The van der Waals surface area contributed by atoms with Gasteiger partial charge in [-0.1, -0.05) is 15.9 Å². The van der Waals surface area contributed by atoms with Crippen LogP contribution in [0.3, 0.4) is 0 Å². The van der Waals surface area contributed by atoms with Crippen molar-refractivity contribution < 1.29 is 14.3 Å². The first-order chi connectivity index (χ1) is 9.42. The SMILES string of the molecule is COC(=O)c1cc(OC(C)C)c2cc(Br)cc(C)c2n1. The molecule has 20 heavy (non-hydrogen) atoms. The molecule has 2 rings (SSSR count). The van der Waals surface area contributed by atoms with E-state index in [0.717, 1.165) is 20.9 Å². The number of ether oxygens (including phenoxy) is 2. The van der Waals surface area contributed by atoms with E-state index in [2.05, 4.69) is 20.9 Å². The third kappa shape index (κ3) is 2.93. The monoisotopic (exact) mass is 337 g/mol. The minimum Gasteiger partial charge on any atom is -0.490 e. The number of fused-ring (bicyclic) bond motifs is 1. The third-order valence-corrected chi connectivity index (χ3v) is 3.25. The van der Waals surface area contributed by atoms with Crippen molar-refractivity contribution in [1.29, 1.82) is 0 Å². The molecule has 0 spiro atoms. The van der Waals surface area contributed by atoms with Crippen LogP contribution in [0.1, 0.15) is 29.9 Å². The number of aryl methyl sites for hydroxylation is 1. The van der Waals surface area contributed by atoms with Gasteiger partial charge in [0.15, 0.2) is 5.69 Å². The zero-order valence-electron chi connectivity index (χ0n) is 11.9. The van der Waals surface area contributed by atoms with Crippen LogP contribution < -0.4 is 4.74 Å². The molecule has 0 amide bonds. The van der Waals surface area contributed by atoms with Gasteiger partial charge in [-0.15, -0.1) is 0 Å². The lowest BCUT2D eigenvalue weighted by atomic mass is 10.1. The Kier molecular flexibility index (Phi) is 4.28. The first-order valence-electron chi connectivity index (χ1n) is 6.28. The van der Waals surface area contributed by atoms with Crippen molar-refractivity contribution in [1.82, 2.24) is 4.98 Å². The average Bonchev–Trinajstić information content (AvgIpc) is 2.37. The Labute approximate surface area is 126 Å². The highest BCUT2D eigenvalue weighted by molar-refractivity contribution is 9.10. The summed E-state index contributed by atoms with van der Waals surface area (Å²) in [5, 5.41) is 0.873. The maximum absolute atomic E-state index is 11.7. The molecule has 1 heterocycles. The minimum absolute atomic E-state index is 0.00499. The predicted molar refractivity (Wildman–Crippen MR) is 81.3 cm³/mol. The van der Waals surface area contributed by atoms with Crippen molar-refractivity contribution >= 4 is 32.8 Å². The Morgan fingerprint density at radius 3 is 2.60 bits per heavy atom. The maximum Gasteiger partial charge on any atom is 0.356 e. The maximum atomic E-state index is 11.7. The number of rotatable bonds is 3. The lowest BCUT2D eigenvalue weighted by molar-refractivity contribution is 0.0593. The van der Waals surface area contributed by atoms with Crippen LogP contribution >= 0.6 is 15.9 Å². The van der Waals surface area contributed by atoms with E-state index >= 15 is 0 Å². The van der Waals surface area contributed by atoms with Crippen molar-refractivity contribution in [3.8, 4) is 5.75 Å². The van der Waals surface area contributed by atoms with Crippen LogP contribution in [-0.4, -0.2) is 24.2 Å². The van der Waals surface area contributed by atoms with Crippen LogP contribution in [0.4, 0.5) is 0 Å². The standard InChI is InChI=1S/C15H16BrNO3/c1-8(2)20-13-7-12(15(18)19-4)17-14-9(3)5-10(16)6-11(13)14/h5-8H,1-4H3. The van der Waals surface area contributed by atoms with E-state index in [1.165, 1.54) is 7.11 Å². The molecule has 0 aliphatic heterocycles. The second-order valence-electron chi connectivity index (χ2n) is 4.78. The van der Waals surface area contributed by atoms with Crippen molar-refractivity contribution in [2.75, 3.05) is 7.11 Å². The fraction of sp³-hybridized carbons (Fsp3) is 0.333.